The van der Waals surface area contributed by atoms with E-state index in [9.17, 15) is 4.79 Å². The van der Waals surface area contributed by atoms with Gasteiger partial charge >= 0.3 is 5.97 Å². The van der Waals surface area contributed by atoms with Crippen LogP contribution >= 0.6 is 0 Å². The van der Waals surface area contributed by atoms with Gasteiger partial charge in [0, 0.05) is 0 Å². The third kappa shape index (κ3) is 6.85. The fourth-order valence-electron chi connectivity index (χ4n) is 3.29. The maximum atomic E-state index is 12.9. The lowest BCUT2D eigenvalue weighted by atomic mass is 9.58. The SMILES string of the molecule is CCCCCCC(C)(C)C(C)(CC(C)(C)CC)C(=O)OCCC. The molecule has 0 bridgehead atoms. The van der Waals surface area contributed by atoms with Crippen molar-refractivity contribution < 1.29 is 9.53 Å². The van der Waals surface area contributed by atoms with Gasteiger partial charge in [-0.05, 0) is 37.0 Å². The maximum Gasteiger partial charge on any atom is 0.312 e. The van der Waals surface area contributed by atoms with E-state index < -0.39 is 5.41 Å². The third-order valence-electron chi connectivity index (χ3n) is 5.83. The monoisotopic (exact) mass is 326 g/mol. The van der Waals surface area contributed by atoms with E-state index in [2.05, 4.69) is 55.4 Å². The number of hydrogen-bond donors (Lipinski definition) is 0. The maximum absolute atomic E-state index is 12.9. The van der Waals surface area contributed by atoms with Crippen molar-refractivity contribution >= 4 is 5.97 Å². The summed E-state index contributed by atoms with van der Waals surface area (Å²) in [5, 5.41) is 0. The van der Waals surface area contributed by atoms with Crippen LogP contribution in [-0.2, 0) is 9.53 Å². The van der Waals surface area contributed by atoms with Crippen molar-refractivity contribution in [1.82, 2.24) is 0 Å². The Morgan fingerprint density at radius 3 is 1.96 bits per heavy atom. The van der Waals surface area contributed by atoms with Gasteiger partial charge in [-0.2, -0.15) is 0 Å². The van der Waals surface area contributed by atoms with Crippen LogP contribution in [0.5, 0.6) is 0 Å². The quantitative estimate of drug-likeness (QED) is 0.292. The van der Waals surface area contributed by atoms with Gasteiger partial charge in [0.25, 0.3) is 0 Å². The summed E-state index contributed by atoms with van der Waals surface area (Å²) in [5.41, 5.74) is -0.313. The van der Waals surface area contributed by atoms with E-state index >= 15 is 0 Å². The molecule has 0 saturated heterocycles. The average Bonchev–Trinajstić information content (AvgIpc) is 2.48. The summed E-state index contributed by atoms with van der Waals surface area (Å²) in [6.45, 7) is 18.2. The van der Waals surface area contributed by atoms with Crippen LogP contribution in [0.4, 0.5) is 0 Å². The second-order valence-electron chi connectivity index (χ2n) is 8.86. The van der Waals surface area contributed by atoms with Crippen molar-refractivity contribution in [2.24, 2.45) is 16.2 Å². The van der Waals surface area contributed by atoms with Gasteiger partial charge in [0.2, 0.25) is 0 Å². The molecule has 0 aliphatic carbocycles. The highest BCUT2D eigenvalue weighted by Crippen LogP contribution is 2.51. The van der Waals surface area contributed by atoms with Gasteiger partial charge in [-0.3, -0.25) is 4.79 Å². The normalized spacial score (nSPS) is 15.3. The minimum absolute atomic E-state index is 0.00127. The fraction of sp³-hybridized carbons (Fsp3) is 0.952. The van der Waals surface area contributed by atoms with Gasteiger partial charge in [0.1, 0.15) is 0 Å². The van der Waals surface area contributed by atoms with Gasteiger partial charge in [-0.15, -0.1) is 0 Å². The Bertz CT molecular complexity index is 344. The molecule has 2 nitrogen and oxygen atoms in total. The highest BCUT2D eigenvalue weighted by Gasteiger charge is 2.50. The standard InChI is InChI=1S/C21H42O2/c1-9-12-13-14-15-20(6,7)21(8,17-19(4,5)11-3)18(22)23-16-10-2/h9-17H2,1-8H3. The van der Waals surface area contributed by atoms with Gasteiger partial charge in [-0.25, -0.2) is 0 Å². The Hall–Kier alpha value is -0.530. The zero-order valence-corrected chi connectivity index (χ0v) is 17.2. The predicted molar refractivity (Wildman–Crippen MR) is 101 cm³/mol. The zero-order valence-electron chi connectivity index (χ0n) is 17.2. The molecule has 2 heteroatoms. The molecule has 0 heterocycles. The van der Waals surface area contributed by atoms with Crippen LogP contribution in [0.15, 0.2) is 0 Å². The molecular weight excluding hydrogens is 284 g/mol. The van der Waals surface area contributed by atoms with E-state index in [1.165, 1.54) is 25.7 Å². The van der Waals surface area contributed by atoms with E-state index in [0.717, 1.165) is 25.7 Å². The smallest absolute Gasteiger partial charge is 0.312 e. The van der Waals surface area contributed by atoms with Crippen LogP contribution in [0, 0.1) is 16.2 Å². The van der Waals surface area contributed by atoms with Crippen LogP contribution in [0.3, 0.4) is 0 Å². The largest absolute Gasteiger partial charge is 0.465 e. The van der Waals surface area contributed by atoms with Crippen LogP contribution in [-0.4, -0.2) is 12.6 Å². The Morgan fingerprint density at radius 2 is 1.48 bits per heavy atom. The van der Waals surface area contributed by atoms with Crippen LogP contribution in [0.25, 0.3) is 0 Å². The van der Waals surface area contributed by atoms with E-state index in [4.69, 9.17) is 4.74 Å². The van der Waals surface area contributed by atoms with Crippen LogP contribution in [0.2, 0.25) is 0 Å². The summed E-state index contributed by atoms with van der Waals surface area (Å²) in [5.74, 6) is 0.00127. The number of rotatable bonds is 12. The lowest BCUT2D eigenvalue weighted by Gasteiger charge is -2.46. The summed E-state index contributed by atoms with van der Waals surface area (Å²) < 4.78 is 5.62. The summed E-state index contributed by atoms with van der Waals surface area (Å²) in [4.78, 5) is 12.9. The molecule has 0 spiro atoms. The molecule has 0 N–H and O–H groups in total. The van der Waals surface area contributed by atoms with Crippen molar-refractivity contribution in [1.29, 1.82) is 0 Å². The molecule has 0 aliphatic heterocycles. The Labute approximate surface area is 145 Å². The fourth-order valence-corrected chi connectivity index (χ4v) is 3.29. The highest BCUT2D eigenvalue weighted by atomic mass is 16.5. The lowest BCUT2D eigenvalue weighted by Crippen LogP contribution is -2.46. The van der Waals surface area contributed by atoms with Gasteiger partial charge < -0.3 is 4.74 Å². The zero-order chi connectivity index (χ0) is 18.1. The van der Waals surface area contributed by atoms with Crippen molar-refractivity contribution in [3.05, 3.63) is 0 Å². The number of carbonyl (C=O) groups excluding carboxylic acids is 1. The number of esters is 1. The molecule has 0 radical (unpaired) electrons. The lowest BCUT2D eigenvalue weighted by molar-refractivity contribution is -0.166. The van der Waals surface area contributed by atoms with Crippen molar-refractivity contribution in [3.63, 3.8) is 0 Å². The molecule has 0 amide bonds. The van der Waals surface area contributed by atoms with Crippen molar-refractivity contribution in [3.8, 4) is 0 Å². The van der Waals surface area contributed by atoms with Crippen molar-refractivity contribution in [2.75, 3.05) is 6.61 Å². The van der Waals surface area contributed by atoms with E-state index in [1.54, 1.807) is 0 Å². The van der Waals surface area contributed by atoms with Crippen LogP contribution < -0.4 is 0 Å². The first-order chi connectivity index (χ1) is 10.6. The van der Waals surface area contributed by atoms with Gasteiger partial charge in [-0.1, -0.05) is 80.6 Å². The first kappa shape index (κ1) is 22.5. The topological polar surface area (TPSA) is 26.3 Å². The Kier molecular flexibility index (Phi) is 9.47. The number of unbranched alkanes of at least 4 members (excludes halogenated alkanes) is 3. The Balaban J connectivity index is 5.25. The predicted octanol–water partition coefficient (Wildman–Crippen LogP) is 6.77. The summed E-state index contributed by atoms with van der Waals surface area (Å²) >= 11 is 0. The first-order valence-corrected chi connectivity index (χ1v) is 9.73. The molecule has 0 aromatic heterocycles. The molecule has 0 saturated carbocycles. The van der Waals surface area contributed by atoms with Crippen molar-refractivity contribution in [2.45, 2.75) is 107 Å². The number of carbonyl (C=O) groups is 1. The molecule has 0 aromatic carbocycles. The van der Waals surface area contributed by atoms with Gasteiger partial charge in [0.05, 0.1) is 12.0 Å². The summed E-state index contributed by atoms with van der Waals surface area (Å²) in [6, 6.07) is 0. The number of hydrogen-bond acceptors (Lipinski definition) is 2. The minimum atomic E-state index is -0.423. The molecular formula is C21H42O2. The summed E-state index contributed by atoms with van der Waals surface area (Å²) in [7, 11) is 0. The molecule has 138 valence electrons. The van der Waals surface area contributed by atoms with Crippen LogP contribution in [0.1, 0.15) is 107 Å². The molecule has 0 aliphatic rings. The molecule has 1 atom stereocenters. The van der Waals surface area contributed by atoms with E-state index in [-0.39, 0.29) is 16.8 Å². The molecule has 0 fully saturated rings. The first-order valence-electron chi connectivity index (χ1n) is 9.73. The molecule has 1 unspecified atom stereocenters. The third-order valence-corrected chi connectivity index (χ3v) is 5.83. The Morgan fingerprint density at radius 1 is 0.870 bits per heavy atom. The van der Waals surface area contributed by atoms with E-state index in [0.29, 0.717) is 6.61 Å². The molecule has 23 heavy (non-hydrogen) atoms. The molecule has 0 aromatic rings. The minimum Gasteiger partial charge on any atom is -0.465 e. The second kappa shape index (κ2) is 9.69. The number of ether oxygens (including phenoxy) is 1. The highest BCUT2D eigenvalue weighted by molar-refractivity contribution is 5.77. The van der Waals surface area contributed by atoms with Gasteiger partial charge in [0.15, 0.2) is 0 Å². The molecule has 0 rings (SSSR count). The second-order valence-corrected chi connectivity index (χ2v) is 8.86. The summed E-state index contributed by atoms with van der Waals surface area (Å²) in [6.07, 6.45) is 8.93. The average molecular weight is 327 g/mol. The van der Waals surface area contributed by atoms with E-state index in [1.807, 2.05) is 0 Å².